The number of aromatic nitrogens is 1. The van der Waals surface area contributed by atoms with Crippen molar-refractivity contribution >= 4 is 5.91 Å². The van der Waals surface area contributed by atoms with E-state index in [4.69, 9.17) is 9.47 Å². The Bertz CT molecular complexity index is 909. The molecule has 9 heteroatoms. The summed E-state index contributed by atoms with van der Waals surface area (Å²) in [6.45, 7) is 4.66. The monoisotopic (exact) mass is 481 g/mol. The highest BCUT2D eigenvalue weighted by Gasteiger charge is 2.56. The van der Waals surface area contributed by atoms with Gasteiger partial charge in [0, 0.05) is 56.7 Å². The lowest BCUT2D eigenvalue weighted by Crippen LogP contribution is -2.51. The van der Waals surface area contributed by atoms with Gasteiger partial charge in [-0.25, -0.2) is 0 Å². The van der Waals surface area contributed by atoms with Gasteiger partial charge in [-0.05, 0) is 56.6 Å². The molecule has 188 valence electrons. The van der Waals surface area contributed by atoms with Crippen molar-refractivity contribution in [3.8, 4) is 0 Å². The fourth-order valence-electron chi connectivity index (χ4n) is 6.77. The number of nitrogens with one attached hydrogen (secondary N) is 1. The molecule has 3 fully saturated rings. The third-order valence-electron chi connectivity index (χ3n) is 8.35. The van der Waals surface area contributed by atoms with Gasteiger partial charge in [0.25, 0.3) is 0 Å². The number of halogens is 3. The molecule has 2 aliphatic carbocycles. The minimum atomic E-state index is -4.43. The van der Waals surface area contributed by atoms with Crippen molar-refractivity contribution in [2.45, 2.75) is 82.8 Å². The second-order valence-electron chi connectivity index (χ2n) is 10.3. The highest BCUT2D eigenvalue weighted by Crippen LogP contribution is 2.55. The minimum Gasteiger partial charge on any atom is -0.379 e. The number of hydrogen-bond donors (Lipinski definition) is 1. The average Bonchev–Trinajstić information content (AvgIpc) is 3.36. The van der Waals surface area contributed by atoms with Crippen molar-refractivity contribution < 1.29 is 27.4 Å². The van der Waals surface area contributed by atoms with Crippen LogP contribution in [0, 0.1) is 11.3 Å². The Morgan fingerprint density at radius 3 is 3.03 bits per heavy atom. The van der Waals surface area contributed by atoms with E-state index in [2.05, 4.69) is 10.3 Å². The van der Waals surface area contributed by atoms with Gasteiger partial charge in [0.2, 0.25) is 5.91 Å². The molecule has 2 aliphatic heterocycles. The molecular formula is C25H34F3N3O3. The van der Waals surface area contributed by atoms with E-state index in [-0.39, 0.29) is 30.6 Å². The summed E-state index contributed by atoms with van der Waals surface area (Å²) < 4.78 is 51.1. The molecule has 1 saturated heterocycles. The molecule has 4 aliphatic rings. The van der Waals surface area contributed by atoms with Gasteiger partial charge >= 0.3 is 6.18 Å². The maximum Gasteiger partial charge on any atom is 0.417 e. The van der Waals surface area contributed by atoms with Crippen LogP contribution in [0.1, 0.15) is 62.3 Å². The van der Waals surface area contributed by atoms with Crippen LogP contribution in [0.25, 0.3) is 0 Å². The van der Waals surface area contributed by atoms with Crippen LogP contribution in [0.2, 0.25) is 0 Å². The first-order chi connectivity index (χ1) is 16.3. The van der Waals surface area contributed by atoms with Crippen LogP contribution in [-0.2, 0) is 33.4 Å². The summed E-state index contributed by atoms with van der Waals surface area (Å²) in [7, 11) is 0. The summed E-state index contributed by atoms with van der Waals surface area (Å²) in [5.74, 6) is 0.444. The lowest BCUT2D eigenvalue weighted by Gasteiger charge is -2.38. The van der Waals surface area contributed by atoms with E-state index in [0.29, 0.717) is 50.0 Å². The number of nitrogens with zero attached hydrogens (tertiary/aromatic N) is 2. The Hall–Kier alpha value is -1.71. The zero-order valence-electron chi connectivity index (χ0n) is 19.7. The molecule has 0 radical (unpaired) electrons. The lowest BCUT2D eigenvalue weighted by atomic mass is 9.78. The number of alkyl halides is 3. The Labute approximate surface area is 198 Å². The number of amides is 1. The van der Waals surface area contributed by atoms with Crippen molar-refractivity contribution in [1.82, 2.24) is 15.2 Å². The molecule has 1 N–H and O–H groups in total. The zero-order valence-corrected chi connectivity index (χ0v) is 19.7. The first-order valence-corrected chi connectivity index (χ1v) is 12.6. The Morgan fingerprint density at radius 2 is 2.24 bits per heavy atom. The highest BCUT2D eigenvalue weighted by atomic mass is 19.4. The van der Waals surface area contributed by atoms with Gasteiger partial charge in [-0.2, -0.15) is 13.2 Å². The number of fused-ring (bicyclic) bond motifs is 2. The third-order valence-corrected chi connectivity index (χ3v) is 8.35. The van der Waals surface area contributed by atoms with Crippen LogP contribution >= 0.6 is 0 Å². The predicted molar refractivity (Wildman–Crippen MR) is 119 cm³/mol. The van der Waals surface area contributed by atoms with E-state index < -0.39 is 17.2 Å². The van der Waals surface area contributed by atoms with E-state index in [1.165, 1.54) is 6.07 Å². The molecular weight excluding hydrogens is 447 g/mol. The number of pyridine rings is 1. The Kier molecular flexibility index (Phi) is 6.63. The molecule has 34 heavy (non-hydrogen) atoms. The smallest absolute Gasteiger partial charge is 0.379 e. The van der Waals surface area contributed by atoms with Crippen molar-refractivity contribution in [2.75, 3.05) is 26.4 Å². The number of carbonyl (C=O) groups excluding carboxylic acids is 1. The highest BCUT2D eigenvalue weighted by molar-refractivity contribution is 5.84. The van der Waals surface area contributed by atoms with Gasteiger partial charge in [0.1, 0.15) is 0 Å². The Morgan fingerprint density at radius 1 is 1.38 bits per heavy atom. The van der Waals surface area contributed by atoms with Gasteiger partial charge in [0.15, 0.2) is 0 Å². The van der Waals surface area contributed by atoms with E-state index in [0.717, 1.165) is 44.7 Å². The summed E-state index contributed by atoms with van der Waals surface area (Å²) >= 11 is 0. The maximum absolute atomic E-state index is 13.9. The van der Waals surface area contributed by atoms with E-state index in [1.54, 1.807) is 4.90 Å². The SMILES string of the molecule is CCOC1COCCC1NC1CC2CCCC2(C(=O)N2CCc3ncc(C(F)(F)F)cc3C2)C1. The van der Waals surface area contributed by atoms with Crippen LogP contribution in [0.15, 0.2) is 12.3 Å². The number of ether oxygens (including phenoxy) is 2. The molecule has 5 unspecified atom stereocenters. The lowest BCUT2D eigenvalue weighted by molar-refractivity contribution is -0.144. The van der Waals surface area contributed by atoms with Gasteiger partial charge < -0.3 is 19.7 Å². The molecule has 1 amide bonds. The fraction of sp³-hybridized carbons (Fsp3) is 0.760. The van der Waals surface area contributed by atoms with Crippen LogP contribution in [0.3, 0.4) is 0 Å². The second-order valence-corrected chi connectivity index (χ2v) is 10.3. The summed E-state index contributed by atoms with van der Waals surface area (Å²) in [6.07, 6.45) is 2.58. The Balaban J connectivity index is 1.30. The van der Waals surface area contributed by atoms with E-state index >= 15 is 0 Å². The zero-order chi connectivity index (χ0) is 23.9. The number of hydrogen-bond acceptors (Lipinski definition) is 5. The van der Waals surface area contributed by atoms with Crippen LogP contribution < -0.4 is 5.32 Å². The van der Waals surface area contributed by atoms with E-state index in [9.17, 15) is 18.0 Å². The summed E-state index contributed by atoms with van der Waals surface area (Å²) in [5, 5.41) is 3.79. The molecule has 0 bridgehead atoms. The van der Waals surface area contributed by atoms with Crippen LogP contribution in [0.4, 0.5) is 13.2 Å². The molecule has 3 heterocycles. The number of rotatable bonds is 5. The standard InChI is InChI=1S/C25H34F3N3O3/c1-2-34-22-15-33-9-6-21(22)30-19-11-17-4-3-7-24(17,12-19)23(32)31-8-5-20-16(14-31)10-18(13-29-20)25(26,27)28/h10,13,17,19,21-22,30H,2-9,11-12,14-15H2,1H3. The maximum atomic E-state index is 13.9. The largest absolute Gasteiger partial charge is 0.417 e. The van der Waals surface area contributed by atoms with Crippen molar-refractivity contribution in [1.29, 1.82) is 0 Å². The predicted octanol–water partition coefficient (Wildman–Crippen LogP) is 3.72. The van der Waals surface area contributed by atoms with Crippen LogP contribution in [-0.4, -0.2) is 60.3 Å². The fourth-order valence-corrected chi connectivity index (χ4v) is 6.77. The first-order valence-electron chi connectivity index (χ1n) is 12.6. The van der Waals surface area contributed by atoms with Gasteiger partial charge in [-0.3, -0.25) is 9.78 Å². The second kappa shape index (κ2) is 9.39. The average molecular weight is 482 g/mol. The third kappa shape index (κ3) is 4.46. The van der Waals surface area contributed by atoms with Crippen molar-refractivity contribution in [3.63, 3.8) is 0 Å². The molecule has 1 aromatic heterocycles. The van der Waals surface area contributed by atoms with Gasteiger partial charge in [-0.15, -0.1) is 0 Å². The van der Waals surface area contributed by atoms with E-state index in [1.807, 2.05) is 6.92 Å². The van der Waals surface area contributed by atoms with Gasteiger partial charge in [0.05, 0.1) is 23.7 Å². The van der Waals surface area contributed by atoms with Crippen LogP contribution in [0.5, 0.6) is 0 Å². The normalized spacial score (nSPS) is 33.6. The molecule has 0 aromatic carbocycles. The molecule has 1 aromatic rings. The molecule has 5 rings (SSSR count). The van der Waals surface area contributed by atoms with Gasteiger partial charge in [-0.1, -0.05) is 6.42 Å². The topological polar surface area (TPSA) is 63.7 Å². The summed E-state index contributed by atoms with van der Waals surface area (Å²) in [4.78, 5) is 19.8. The summed E-state index contributed by atoms with van der Waals surface area (Å²) in [6, 6.07) is 1.64. The molecule has 0 spiro atoms. The molecule has 2 saturated carbocycles. The number of carbonyl (C=O) groups is 1. The summed E-state index contributed by atoms with van der Waals surface area (Å²) in [5.41, 5.74) is 0.0407. The first kappa shape index (κ1) is 24.0. The quantitative estimate of drug-likeness (QED) is 0.695. The molecule has 5 atom stereocenters. The van der Waals surface area contributed by atoms with Crippen molar-refractivity contribution in [3.05, 3.63) is 29.1 Å². The molecule has 6 nitrogen and oxygen atoms in total. The minimum absolute atomic E-state index is 0.0276. The van der Waals surface area contributed by atoms with Crippen molar-refractivity contribution in [2.24, 2.45) is 11.3 Å².